The van der Waals surface area contributed by atoms with E-state index in [9.17, 15) is 9.59 Å². The second kappa shape index (κ2) is 12.5. The smallest absolute Gasteiger partial charge is 0.252 e. The molecule has 0 aliphatic rings. The lowest BCUT2D eigenvalue weighted by molar-refractivity contribution is -0.123. The number of nitrogens with one attached hydrogen (secondary N) is 2. The summed E-state index contributed by atoms with van der Waals surface area (Å²) in [5.41, 5.74) is 2.35. The maximum atomic E-state index is 13.3. The summed E-state index contributed by atoms with van der Waals surface area (Å²) in [7, 11) is 0. The first kappa shape index (κ1) is 27.0. The number of nitrogens with zero attached hydrogens (tertiary/aromatic N) is 3. The average molecular weight is 538 g/mol. The molecule has 3 aromatic heterocycles. The van der Waals surface area contributed by atoms with Crippen LogP contribution in [-0.2, 0) is 17.8 Å². The molecule has 2 amide bonds. The lowest BCUT2D eigenvalue weighted by Gasteiger charge is -2.20. The first-order valence-electron chi connectivity index (χ1n) is 12.9. The number of carbonyl (C=O) groups excluding carboxylic acids is 2. The second-order valence-corrected chi connectivity index (χ2v) is 11.6. The van der Waals surface area contributed by atoms with Crippen LogP contribution in [0, 0.1) is 5.92 Å². The van der Waals surface area contributed by atoms with Crippen molar-refractivity contribution in [1.82, 2.24) is 25.2 Å². The molecule has 0 radical (unpaired) electrons. The van der Waals surface area contributed by atoms with Crippen LogP contribution in [0.1, 0.15) is 79.1 Å². The van der Waals surface area contributed by atoms with Crippen molar-refractivity contribution in [2.24, 2.45) is 5.92 Å². The molecule has 37 heavy (non-hydrogen) atoms. The highest BCUT2D eigenvalue weighted by Crippen LogP contribution is 2.28. The predicted octanol–water partition coefficient (Wildman–Crippen LogP) is 5.97. The van der Waals surface area contributed by atoms with E-state index in [-0.39, 0.29) is 17.7 Å². The number of imidazole rings is 1. The zero-order valence-corrected chi connectivity index (χ0v) is 23.5. The Labute approximate surface area is 226 Å². The fraction of sp³-hybridized carbons (Fsp3) is 0.429. The third kappa shape index (κ3) is 6.64. The van der Waals surface area contributed by atoms with Gasteiger partial charge < -0.3 is 15.2 Å². The maximum absolute atomic E-state index is 13.3. The molecular formula is C28H35N5O2S2. The summed E-state index contributed by atoms with van der Waals surface area (Å²) in [5.74, 6) is 0.792. The Morgan fingerprint density at radius 2 is 1.89 bits per heavy atom. The van der Waals surface area contributed by atoms with Crippen LogP contribution in [0.5, 0.6) is 0 Å². The van der Waals surface area contributed by atoms with Crippen LogP contribution in [0.3, 0.4) is 0 Å². The molecule has 0 aliphatic heterocycles. The predicted molar refractivity (Wildman–Crippen MR) is 151 cm³/mol. The molecule has 3 heterocycles. The van der Waals surface area contributed by atoms with Gasteiger partial charge >= 0.3 is 0 Å². The highest BCUT2D eigenvalue weighted by molar-refractivity contribution is 7.10. The van der Waals surface area contributed by atoms with Crippen molar-refractivity contribution in [3.63, 3.8) is 0 Å². The quantitative estimate of drug-likeness (QED) is 0.233. The van der Waals surface area contributed by atoms with Gasteiger partial charge in [-0.1, -0.05) is 33.8 Å². The topological polar surface area (TPSA) is 88.9 Å². The summed E-state index contributed by atoms with van der Waals surface area (Å²) in [5, 5.41) is 10.7. The number of hydrogen-bond donors (Lipinski definition) is 2. The summed E-state index contributed by atoms with van der Waals surface area (Å²) >= 11 is 3.22. The number of thiazole rings is 1. The number of fused-ring (bicyclic) bond motifs is 1. The van der Waals surface area contributed by atoms with Crippen molar-refractivity contribution in [3.8, 4) is 0 Å². The second-order valence-electron chi connectivity index (χ2n) is 9.63. The zero-order chi connectivity index (χ0) is 26.4. The molecule has 4 rings (SSSR count). The Morgan fingerprint density at radius 3 is 2.54 bits per heavy atom. The number of aromatic nitrogens is 3. The summed E-state index contributed by atoms with van der Waals surface area (Å²) in [6.07, 6.45) is 5.04. The van der Waals surface area contributed by atoms with Crippen molar-refractivity contribution >= 4 is 45.5 Å². The van der Waals surface area contributed by atoms with E-state index in [1.54, 1.807) is 17.5 Å². The summed E-state index contributed by atoms with van der Waals surface area (Å²) in [6, 6.07) is 9.60. The van der Waals surface area contributed by atoms with E-state index >= 15 is 0 Å². The minimum Gasteiger partial charge on any atom is -0.348 e. The lowest BCUT2D eigenvalue weighted by Crippen LogP contribution is -2.47. The van der Waals surface area contributed by atoms with E-state index in [2.05, 4.69) is 51.5 Å². The fourth-order valence-electron chi connectivity index (χ4n) is 4.62. The maximum Gasteiger partial charge on any atom is 0.252 e. The van der Waals surface area contributed by atoms with Crippen LogP contribution in [0.25, 0.3) is 11.0 Å². The normalized spacial score (nSPS) is 12.4. The van der Waals surface area contributed by atoms with Gasteiger partial charge in [0, 0.05) is 34.5 Å². The number of carbonyl (C=O) groups is 2. The van der Waals surface area contributed by atoms with Gasteiger partial charge in [0.1, 0.15) is 16.9 Å². The van der Waals surface area contributed by atoms with Gasteiger partial charge in [0.25, 0.3) is 5.91 Å². The minimum atomic E-state index is -0.625. The molecule has 0 saturated carbocycles. The number of amides is 2. The molecule has 196 valence electrons. The van der Waals surface area contributed by atoms with Gasteiger partial charge in [0.05, 0.1) is 17.6 Å². The van der Waals surface area contributed by atoms with Gasteiger partial charge in [0.2, 0.25) is 5.91 Å². The van der Waals surface area contributed by atoms with Gasteiger partial charge in [-0.05, 0) is 54.8 Å². The standard InChI is InChI=1S/C28H35N5O2S2/c1-5-20(6-2)33-24-10-9-19(15-22(24)31-25(33)16-21-8-7-12-36-21)27(34)32-23(14-18(3)4)28(35)30-17-26-29-11-13-37-26/h7-13,15,18,20,23H,5-6,14,16-17H2,1-4H3,(H,30,35)(H,32,34). The van der Waals surface area contributed by atoms with Crippen LogP contribution in [0.15, 0.2) is 47.3 Å². The first-order chi connectivity index (χ1) is 17.9. The van der Waals surface area contributed by atoms with Crippen molar-refractivity contribution < 1.29 is 9.59 Å². The Morgan fingerprint density at radius 1 is 1.08 bits per heavy atom. The van der Waals surface area contributed by atoms with E-state index in [1.165, 1.54) is 16.2 Å². The van der Waals surface area contributed by atoms with Crippen LogP contribution in [0.4, 0.5) is 0 Å². The number of rotatable bonds is 12. The zero-order valence-electron chi connectivity index (χ0n) is 21.9. The van der Waals surface area contributed by atoms with E-state index in [4.69, 9.17) is 4.98 Å². The molecular weight excluding hydrogens is 502 g/mol. The molecule has 1 atom stereocenters. The van der Waals surface area contributed by atoms with E-state index < -0.39 is 6.04 Å². The van der Waals surface area contributed by atoms with E-state index in [1.807, 2.05) is 37.4 Å². The van der Waals surface area contributed by atoms with Gasteiger partial charge in [0.15, 0.2) is 0 Å². The van der Waals surface area contributed by atoms with Crippen molar-refractivity contribution in [1.29, 1.82) is 0 Å². The Balaban J connectivity index is 1.57. The van der Waals surface area contributed by atoms with E-state index in [0.717, 1.165) is 41.1 Å². The Hall–Kier alpha value is -3.04. The van der Waals surface area contributed by atoms with Gasteiger partial charge in [-0.15, -0.1) is 22.7 Å². The van der Waals surface area contributed by atoms with Crippen LogP contribution in [0.2, 0.25) is 0 Å². The van der Waals surface area contributed by atoms with Gasteiger partial charge in [-0.3, -0.25) is 9.59 Å². The summed E-state index contributed by atoms with van der Waals surface area (Å²) in [4.78, 5) is 36.7. The molecule has 2 N–H and O–H groups in total. The lowest BCUT2D eigenvalue weighted by atomic mass is 10.0. The molecule has 0 spiro atoms. The van der Waals surface area contributed by atoms with Crippen LogP contribution >= 0.6 is 22.7 Å². The molecule has 7 nitrogen and oxygen atoms in total. The van der Waals surface area contributed by atoms with Crippen molar-refractivity contribution in [2.45, 2.75) is 72.0 Å². The van der Waals surface area contributed by atoms with Gasteiger partial charge in [-0.25, -0.2) is 9.97 Å². The van der Waals surface area contributed by atoms with E-state index in [0.29, 0.717) is 24.6 Å². The van der Waals surface area contributed by atoms with Crippen molar-refractivity contribution in [3.05, 3.63) is 68.6 Å². The first-order valence-corrected chi connectivity index (χ1v) is 14.7. The third-order valence-corrected chi connectivity index (χ3v) is 8.13. The van der Waals surface area contributed by atoms with Gasteiger partial charge in [-0.2, -0.15) is 0 Å². The van der Waals surface area contributed by atoms with Crippen molar-refractivity contribution in [2.75, 3.05) is 0 Å². The number of hydrogen-bond acceptors (Lipinski definition) is 6. The molecule has 9 heteroatoms. The SMILES string of the molecule is CCC(CC)n1c(Cc2cccs2)nc2cc(C(=O)NC(CC(C)C)C(=O)NCc3nccs3)ccc21. The Bertz CT molecular complexity index is 1310. The molecule has 1 unspecified atom stereocenters. The number of thiophene rings is 1. The molecule has 0 aliphatic carbocycles. The average Bonchev–Trinajstić information content (AvgIpc) is 3.65. The highest BCUT2D eigenvalue weighted by Gasteiger charge is 2.24. The molecule has 0 saturated heterocycles. The largest absolute Gasteiger partial charge is 0.348 e. The fourth-order valence-corrected chi connectivity index (χ4v) is 5.87. The molecule has 1 aromatic carbocycles. The van der Waals surface area contributed by atoms with Crippen LogP contribution in [-0.4, -0.2) is 32.4 Å². The van der Waals surface area contributed by atoms with Crippen LogP contribution < -0.4 is 10.6 Å². The molecule has 4 aromatic rings. The minimum absolute atomic E-state index is 0.199. The summed E-state index contributed by atoms with van der Waals surface area (Å²) in [6.45, 7) is 8.83. The number of benzene rings is 1. The summed E-state index contributed by atoms with van der Waals surface area (Å²) < 4.78 is 2.34. The monoisotopic (exact) mass is 537 g/mol. The Kier molecular flexibility index (Phi) is 9.10. The highest BCUT2D eigenvalue weighted by atomic mass is 32.1. The molecule has 0 bridgehead atoms. The molecule has 0 fully saturated rings. The third-order valence-electron chi connectivity index (χ3n) is 6.47.